The van der Waals surface area contributed by atoms with Crippen LogP contribution in [0.15, 0.2) is 30.5 Å². The molecular formula is C10H11N3O2. The van der Waals surface area contributed by atoms with E-state index in [1.165, 1.54) is 18.1 Å². The van der Waals surface area contributed by atoms with Crippen LogP contribution in [-0.4, -0.2) is 17.0 Å². The molecule has 0 atom stereocenters. The number of aryl methyl sites for hydroxylation is 1. The number of rotatable bonds is 2. The number of hydrogen-bond acceptors (Lipinski definition) is 3. The van der Waals surface area contributed by atoms with E-state index in [1.807, 2.05) is 31.2 Å². The van der Waals surface area contributed by atoms with Gasteiger partial charge in [-0.15, -0.1) is 4.85 Å². The van der Waals surface area contributed by atoms with Gasteiger partial charge in [-0.2, -0.15) is 0 Å². The van der Waals surface area contributed by atoms with E-state index in [4.69, 9.17) is 4.74 Å². The van der Waals surface area contributed by atoms with Gasteiger partial charge in [-0.1, -0.05) is 17.7 Å². The molecule has 0 N–H and O–H groups in total. The van der Waals surface area contributed by atoms with Gasteiger partial charge in [0.05, 0.1) is 12.2 Å². The fourth-order valence-electron chi connectivity index (χ4n) is 1.26. The summed E-state index contributed by atoms with van der Waals surface area (Å²) < 4.78 is 4.87. The summed E-state index contributed by atoms with van der Waals surface area (Å²) in [5.41, 5.74) is 1.84. The quantitative estimate of drug-likeness (QED) is 0.539. The van der Waals surface area contributed by atoms with Gasteiger partial charge in [-0.25, -0.2) is 0 Å². The number of nitrogens with zero attached hydrogens (tertiary/aromatic N) is 3. The predicted octanol–water partition coefficient (Wildman–Crippen LogP) is 0.823. The van der Waals surface area contributed by atoms with Crippen LogP contribution in [0.5, 0.6) is 5.88 Å². The van der Waals surface area contributed by atoms with E-state index in [2.05, 4.69) is 5.10 Å². The van der Waals surface area contributed by atoms with Crippen LogP contribution >= 0.6 is 0 Å². The minimum atomic E-state index is 0.297. The molecule has 0 aliphatic rings. The normalized spacial score (nSPS) is 10.3. The first-order valence-corrected chi connectivity index (χ1v) is 4.51. The Balaban J connectivity index is 2.44. The number of hydrogen-bond donors (Lipinski definition) is 0. The van der Waals surface area contributed by atoms with Crippen LogP contribution in [0.4, 0.5) is 0 Å². The van der Waals surface area contributed by atoms with E-state index in [0.29, 0.717) is 16.4 Å². The second-order valence-corrected chi connectivity index (χ2v) is 3.20. The van der Waals surface area contributed by atoms with Gasteiger partial charge in [0.1, 0.15) is 5.69 Å². The van der Waals surface area contributed by atoms with Crippen molar-refractivity contribution in [2.45, 2.75) is 6.92 Å². The van der Waals surface area contributed by atoms with Crippen molar-refractivity contribution >= 4 is 0 Å². The minimum Gasteiger partial charge on any atom is -0.692 e. The first-order chi connectivity index (χ1) is 7.20. The third-order valence-corrected chi connectivity index (χ3v) is 2.07. The van der Waals surface area contributed by atoms with Crippen molar-refractivity contribution in [3.8, 4) is 11.6 Å². The number of ether oxygens (including phenoxy) is 1. The van der Waals surface area contributed by atoms with E-state index in [9.17, 15) is 5.21 Å². The topological polar surface area (TPSA) is 54.0 Å². The van der Waals surface area contributed by atoms with Gasteiger partial charge >= 0.3 is 5.88 Å². The monoisotopic (exact) mass is 205 g/mol. The summed E-state index contributed by atoms with van der Waals surface area (Å²) in [6.45, 7) is 1.98. The zero-order chi connectivity index (χ0) is 10.8. The molecule has 15 heavy (non-hydrogen) atoms. The highest BCUT2D eigenvalue weighted by atomic mass is 16.5. The average molecular weight is 205 g/mol. The summed E-state index contributed by atoms with van der Waals surface area (Å²) >= 11 is 0. The second-order valence-electron chi connectivity index (χ2n) is 3.20. The number of aromatic nitrogens is 3. The Morgan fingerprint density at radius 3 is 2.53 bits per heavy atom. The lowest BCUT2D eigenvalue weighted by Gasteiger charge is -2.01. The zero-order valence-electron chi connectivity index (χ0n) is 8.54. The standard InChI is InChI=1S/C10H11N3O2/c1-8-3-5-9(6-4-8)13-11-10(15-2)7-12(13)14/h3-7H,1-2H3. The molecule has 5 heteroatoms. The van der Waals surface area contributed by atoms with Crippen LogP contribution in [0.25, 0.3) is 5.69 Å². The Kier molecular flexibility index (Phi) is 2.29. The molecule has 78 valence electrons. The predicted molar refractivity (Wildman–Crippen MR) is 53.8 cm³/mol. The van der Waals surface area contributed by atoms with Crippen molar-refractivity contribution in [2.75, 3.05) is 7.11 Å². The first kappa shape index (κ1) is 9.51. The van der Waals surface area contributed by atoms with Crippen LogP contribution in [0.2, 0.25) is 0 Å². The fourth-order valence-corrected chi connectivity index (χ4v) is 1.26. The lowest BCUT2D eigenvalue weighted by Crippen LogP contribution is -2.36. The molecule has 0 bridgehead atoms. The van der Waals surface area contributed by atoms with Gasteiger partial charge in [-0.3, -0.25) is 0 Å². The van der Waals surface area contributed by atoms with Crippen LogP contribution in [0.1, 0.15) is 5.56 Å². The third-order valence-electron chi connectivity index (χ3n) is 2.07. The maximum absolute atomic E-state index is 11.4. The van der Waals surface area contributed by atoms with Gasteiger partial charge in [-0.05, 0) is 23.9 Å². The second kappa shape index (κ2) is 3.61. The highest BCUT2D eigenvalue weighted by molar-refractivity contribution is 5.31. The SMILES string of the molecule is COc1c[n+]([O-])n(-c2ccc(C)cc2)n1. The van der Waals surface area contributed by atoms with E-state index >= 15 is 0 Å². The van der Waals surface area contributed by atoms with Gasteiger partial charge < -0.3 is 9.94 Å². The number of methoxy groups -OCH3 is 1. The van der Waals surface area contributed by atoms with Crippen molar-refractivity contribution in [3.63, 3.8) is 0 Å². The van der Waals surface area contributed by atoms with Crippen molar-refractivity contribution in [3.05, 3.63) is 41.2 Å². The Hall–Kier alpha value is -2.04. The van der Waals surface area contributed by atoms with Gasteiger partial charge in [0.15, 0.2) is 0 Å². The lowest BCUT2D eigenvalue weighted by atomic mass is 10.2. The molecular weight excluding hydrogens is 194 g/mol. The molecule has 0 spiro atoms. The Morgan fingerprint density at radius 2 is 2.00 bits per heavy atom. The van der Waals surface area contributed by atoms with Crippen LogP contribution in [0.3, 0.4) is 0 Å². The summed E-state index contributed by atoms with van der Waals surface area (Å²) in [6.07, 6.45) is 1.28. The summed E-state index contributed by atoms with van der Waals surface area (Å²) in [5.74, 6) is 0.297. The molecule has 2 rings (SSSR count). The largest absolute Gasteiger partial charge is 0.692 e. The van der Waals surface area contributed by atoms with E-state index < -0.39 is 0 Å². The summed E-state index contributed by atoms with van der Waals surface area (Å²) in [6, 6.07) is 7.50. The van der Waals surface area contributed by atoms with Crippen molar-refractivity contribution in [1.29, 1.82) is 0 Å². The Morgan fingerprint density at radius 1 is 1.33 bits per heavy atom. The summed E-state index contributed by atoms with van der Waals surface area (Å²) in [5, 5.41) is 15.4. The fraction of sp³-hybridized carbons (Fsp3) is 0.200. The molecule has 0 amide bonds. The maximum Gasteiger partial charge on any atom is 0.396 e. The smallest absolute Gasteiger partial charge is 0.396 e. The van der Waals surface area contributed by atoms with Crippen molar-refractivity contribution < 1.29 is 9.58 Å². The number of benzene rings is 1. The molecule has 1 heterocycles. The van der Waals surface area contributed by atoms with Crippen molar-refractivity contribution in [1.82, 2.24) is 9.90 Å². The minimum absolute atomic E-state index is 0.297. The zero-order valence-corrected chi connectivity index (χ0v) is 8.54. The Labute approximate surface area is 87.1 Å². The van der Waals surface area contributed by atoms with Crippen LogP contribution in [0, 0.1) is 12.1 Å². The first-order valence-electron chi connectivity index (χ1n) is 4.51. The van der Waals surface area contributed by atoms with Crippen LogP contribution in [-0.2, 0) is 0 Å². The molecule has 0 saturated heterocycles. The molecule has 1 aromatic carbocycles. The highest BCUT2D eigenvalue weighted by Gasteiger charge is 2.13. The molecule has 2 aromatic rings. The lowest BCUT2D eigenvalue weighted by molar-refractivity contribution is -0.688. The molecule has 0 radical (unpaired) electrons. The Bertz CT molecular complexity index is 462. The van der Waals surface area contributed by atoms with E-state index in [-0.39, 0.29) is 0 Å². The van der Waals surface area contributed by atoms with E-state index in [0.717, 1.165) is 5.56 Å². The molecule has 0 unspecified atom stereocenters. The third kappa shape index (κ3) is 1.76. The molecule has 0 fully saturated rings. The van der Waals surface area contributed by atoms with Crippen molar-refractivity contribution in [2.24, 2.45) is 0 Å². The molecule has 0 aliphatic carbocycles. The van der Waals surface area contributed by atoms with Gasteiger partial charge in [0, 0.05) is 0 Å². The van der Waals surface area contributed by atoms with E-state index in [1.54, 1.807) is 0 Å². The molecule has 0 aliphatic heterocycles. The van der Waals surface area contributed by atoms with Gasteiger partial charge in [0.2, 0.25) is 6.20 Å². The molecule has 5 nitrogen and oxygen atoms in total. The molecule has 0 saturated carbocycles. The van der Waals surface area contributed by atoms with Gasteiger partial charge in [0.25, 0.3) is 0 Å². The average Bonchev–Trinajstić information content (AvgIpc) is 2.61. The molecule has 1 aromatic heterocycles. The maximum atomic E-state index is 11.4. The summed E-state index contributed by atoms with van der Waals surface area (Å²) in [4.78, 5) is 1.86. The van der Waals surface area contributed by atoms with Crippen LogP contribution < -0.4 is 9.58 Å². The summed E-state index contributed by atoms with van der Waals surface area (Å²) in [7, 11) is 1.47. The highest BCUT2D eigenvalue weighted by Crippen LogP contribution is 2.08.